The van der Waals surface area contributed by atoms with Gasteiger partial charge < -0.3 is 29.6 Å². The summed E-state index contributed by atoms with van der Waals surface area (Å²) in [5.74, 6) is -2.98. The fourth-order valence-corrected chi connectivity index (χ4v) is 8.47. The van der Waals surface area contributed by atoms with Crippen LogP contribution in [0.1, 0.15) is 53.3 Å². The zero-order valence-corrected chi connectivity index (χ0v) is 25.1. The maximum Gasteiger partial charge on any atom is 0.363 e. The molecule has 10 nitrogen and oxygen atoms in total. The molecule has 232 valence electrons. The van der Waals surface area contributed by atoms with Crippen LogP contribution in [0, 0.1) is 17.7 Å². The zero-order valence-electron chi connectivity index (χ0n) is 23.4. The number of halogens is 2. The third-order valence-electron chi connectivity index (χ3n) is 9.21. The normalized spacial score (nSPS) is 27.0. The molecular weight excluding hydrogens is 615 g/mol. The lowest BCUT2D eigenvalue weighted by atomic mass is 9.99. The van der Waals surface area contributed by atoms with Crippen molar-refractivity contribution in [2.75, 3.05) is 18.1 Å². The largest absolute Gasteiger partial charge is 0.489 e. The molecule has 1 aromatic heterocycles. The molecule has 1 unspecified atom stereocenters. The molecule has 3 N–H and O–H groups in total. The number of alkyl halides is 1. The van der Waals surface area contributed by atoms with E-state index in [-0.39, 0.29) is 47.2 Å². The number of hydrogen-bond donors (Lipinski definition) is 3. The van der Waals surface area contributed by atoms with E-state index in [1.165, 1.54) is 42.5 Å². The minimum Gasteiger partial charge on any atom is -0.489 e. The maximum absolute atomic E-state index is 14.3. The number of thiophene rings is 1. The molecule has 0 spiro atoms. The summed E-state index contributed by atoms with van der Waals surface area (Å²) >= 11 is 1.13. The Hall–Kier alpha value is -3.38. The minimum atomic E-state index is -4.99. The van der Waals surface area contributed by atoms with Crippen molar-refractivity contribution in [3.8, 4) is 5.75 Å². The molecule has 1 aliphatic carbocycles. The van der Waals surface area contributed by atoms with E-state index >= 15 is 0 Å². The van der Waals surface area contributed by atoms with E-state index in [1.807, 2.05) is 0 Å². The number of nitrogens with one attached hydrogen (secondary N) is 1. The average molecular weight is 646 g/mol. The summed E-state index contributed by atoms with van der Waals surface area (Å²) in [4.78, 5) is 63.5. The second-order valence-corrected chi connectivity index (χ2v) is 14.7. The van der Waals surface area contributed by atoms with Gasteiger partial charge in [0.05, 0.1) is 17.1 Å². The molecule has 3 fully saturated rings. The smallest absolute Gasteiger partial charge is 0.363 e. The Morgan fingerprint density at radius 2 is 1.86 bits per heavy atom. The van der Waals surface area contributed by atoms with Crippen LogP contribution in [0.5, 0.6) is 5.75 Å². The van der Waals surface area contributed by atoms with E-state index in [9.17, 15) is 37.5 Å². The maximum atomic E-state index is 14.3. The fourth-order valence-electron chi connectivity index (χ4n) is 6.98. The molecule has 1 saturated carbocycles. The minimum absolute atomic E-state index is 0.120. The van der Waals surface area contributed by atoms with E-state index in [0.717, 1.165) is 24.2 Å². The highest BCUT2D eigenvalue weighted by atomic mass is 32.1. The van der Waals surface area contributed by atoms with Crippen LogP contribution in [0.15, 0.2) is 42.5 Å². The summed E-state index contributed by atoms with van der Waals surface area (Å²) in [5.41, 5.74) is 0.278. The number of amides is 3. The molecule has 0 radical (unpaired) electrons. The van der Waals surface area contributed by atoms with Gasteiger partial charge in [-0.3, -0.25) is 18.9 Å². The molecule has 4 heterocycles. The standard InChI is InChI=1S/C30H30F2N3O7PS/c31-19-2-4-22-24(14-19)42-8-7-34(22)30(38)23-5-3-20-11-16-10-17(16)12-21(29(37)35(20)23)33-28(36)26-13-18-9-15(1-6-25(18)44-26)27(32)43(39,40)41/h1-2,4,6,9,13-14,16-17,20-21,23,27H,3,5,7-8,10-12H2,(H,33,36)(H2,39,40,41)/t16-,17+,20-,21+,23+,27?/m1/s1. The number of fused-ring (bicyclic) bond motifs is 4. The second-order valence-electron chi connectivity index (χ2n) is 12.0. The summed E-state index contributed by atoms with van der Waals surface area (Å²) in [7, 11) is -4.99. The molecule has 3 amide bonds. The molecule has 7 rings (SSSR count). The van der Waals surface area contributed by atoms with E-state index in [1.54, 1.807) is 9.80 Å². The van der Waals surface area contributed by atoms with Gasteiger partial charge in [0.2, 0.25) is 17.7 Å². The highest BCUT2D eigenvalue weighted by Crippen LogP contribution is 2.53. The summed E-state index contributed by atoms with van der Waals surface area (Å²) < 4.78 is 45.7. The Labute approximate surface area is 255 Å². The first-order valence-corrected chi connectivity index (χ1v) is 17.1. The van der Waals surface area contributed by atoms with Crippen LogP contribution in [-0.4, -0.2) is 63.7 Å². The highest BCUT2D eigenvalue weighted by molar-refractivity contribution is 7.51. The van der Waals surface area contributed by atoms with E-state index in [0.29, 0.717) is 46.9 Å². The van der Waals surface area contributed by atoms with E-state index in [4.69, 9.17) is 4.74 Å². The first-order chi connectivity index (χ1) is 21.0. The summed E-state index contributed by atoms with van der Waals surface area (Å²) in [5, 5.41) is 3.36. The molecule has 14 heteroatoms. The average Bonchev–Trinajstić information content (AvgIpc) is 3.36. The van der Waals surface area contributed by atoms with Crippen molar-refractivity contribution in [1.29, 1.82) is 0 Å². The number of ether oxygens (including phenoxy) is 1. The van der Waals surface area contributed by atoms with Gasteiger partial charge in [-0.25, -0.2) is 8.78 Å². The molecule has 3 aromatic rings. The fraction of sp³-hybridized carbons (Fsp3) is 0.433. The quantitative estimate of drug-likeness (QED) is 0.348. The Kier molecular flexibility index (Phi) is 7.27. The monoisotopic (exact) mass is 645 g/mol. The first-order valence-electron chi connectivity index (χ1n) is 14.6. The van der Waals surface area contributed by atoms with Gasteiger partial charge in [-0.1, -0.05) is 6.07 Å². The number of carbonyl (C=O) groups excluding carboxylic acids is 3. The van der Waals surface area contributed by atoms with Crippen molar-refractivity contribution in [1.82, 2.24) is 10.2 Å². The van der Waals surface area contributed by atoms with Crippen LogP contribution in [0.25, 0.3) is 10.1 Å². The van der Waals surface area contributed by atoms with Crippen molar-refractivity contribution in [3.05, 3.63) is 58.7 Å². The highest BCUT2D eigenvalue weighted by Gasteiger charge is 2.52. The third-order valence-corrected chi connectivity index (χ3v) is 11.2. The summed E-state index contributed by atoms with van der Waals surface area (Å²) in [6.45, 7) is 0.479. The van der Waals surface area contributed by atoms with Crippen molar-refractivity contribution >= 4 is 52.4 Å². The SMILES string of the molecule is O=C(N[C@H]1C[C@@H]2C[C@@H]2C[C@H]2CC[C@@H](C(=O)N3CCOc4cc(F)ccc43)N2C1=O)c1cc2cc(C(F)P(=O)(O)O)ccc2s1. The van der Waals surface area contributed by atoms with Crippen LogP contribution in [0.2, 0.25) is 0 Å². The van der Waals surface area contributed by atoms with Gasteiger partial charge in [-0.15, -0.1) is 11.3 Å². The van der Waals surface area contributed by atoms with Crippen molar-refractivity contribution in [3.63, 3.8) is 0 Å². The van der Waals surface area contributed by atoms with Crippen LogP contribution in [0.4, 0.5) is 14.5 Å². The number of anilines is 1. The van der Waals surface area contributed by atoms with Gasteiger partial charge in [-0.2, -0.15) is 0 Å². The predicted molar refractivity (Wildman–Crippen MR) is 158 cm³/mol. The van der Waals surface area contributed by atoms with Crippen LogP contribution in [0.3, 0.4) is 0 Å². The Bertz CT molecular complexity index is 1730. The van der Waals surface area contributed by atoms with E-state index in [2.05, 4.69) is 5.32 Å². The van der Waals surface area contributed by atoms with Crippen molar-refractivity contribution in [2.45, 2.75) is 56.1 Å². The third kappa shape index (κ3) is 5.29. The topological polar surface area (TPSA) is 136 Å². The molecule has 44 heavy (non-hydrogen) atoms. The Morgan fingerprint density at radius 3 is 2.66 bits per heavy atom. The number of hydrogen-bond acceptors (Lipinski definition) is 6. The van der Waals surface area contributed by atoms with Gasteiger partial charge in [-0.05, 0) is 85.2 Å². The van der Waals surface area contributed by atoms with Gasteiger partial charge in [0.1, 0.15) is 30.3 Å². The molecule has 2 saturated heterocycles. The number of nitrogens with zero attached hydrogens (tertiary/aromatic N) is 2. The number of carbonyl (C=O) groups is 3. The van der Waals surface area contributed by atoms with Crippen molar-refractivity contribution < 1.29 is 42.3 Å². The van der Waals surface area contributed by atoms with Gasteiger partial charge in [0, 0.05) is 16.8 Å². The molecule has 4 aliphatic rings. The first kappa shape index (κ1) is 29.3. The summed E-state index contributed by atoms with van der Waals surface area (Å²) in [6, 6.07) is 7.96. The number of benzene rings is 2. The van der Waals surface area contributed by atoms with Crippen LogP contribution < -0.4 is 15.0 Å². The van der Waals surface area contributed by atoms with E-state index < -0.39 is 37.3 Å². The summed E-state index contributed by atoms with van der Waals surface area (Å²) in [6.07, 6.45) is 3.40. The lowest BCUT2D eigenvalue weighted by Gasteiger charge is -2.38. The molecular formula is C30H30F2N3O7PS. The molecule has 2 aromatic carbocycles. The Balaban J connectivity index is 1.13. The molecule has 0 bridgehead atoms. The molecule has 3 aliphatic heterocycles. The Morgan fingerprint density at radius 1 is 1.07 bits per heavy atom. The number of rotatable bonds is 5. The predicted octanol–water partition coefficient (Wildman–Crippen LogP) is 4.50. The molecule has 6 atom stereocenters. The lowest BCUT2D eigenvalue weighted by molar-refractivity contribution is -0.142. The lowest BCUT2D eigenvalue weighted by Crippen LogP contribution is -2.57. The van der Waals surface area contributed by atoms with Gasteiger partial charge in [0.15, 0.2) is 0 Å². The van der Waals surface area contributed by atoms with Crippen molar-refractivity contribution in [2.24, 2.45) is 11.8 Å². The van der Waals surface area contributed by atoms with Gasteiger partial charge in [0.25, 0.3) is 5.91 Å². The van der Waals surface area contributed by atoms with Crippen LogP contribution >= 0.6 is 18.9 Å². The van der Waals surface area contributed by atoms with Crippen LogP contribution in [-0.2, 0) is 14.2 Å². The van der Waals surface area contributed by atoms with Gasteiger partial charge >= 0.3 is 7.60 Å². The zero-order chi connectivity index (χ0) is 30.9. The second kappa shape index (κ2) is 10.9.